The summed E-state index contributed by atoms with van der Waals surface area (Å²) < 4.78 is 5.98. The predicted octanol–water partition coefficient (Wildman–Crippen LogP) is 3.73. The standard InChI is InChI=1S/C19H23NO2/c1-13-9-10-14(2)18(11-13)22-12-16-7-5-6-8-17(16)15(3)19(21)20-4/h5-11,15H,12H2,1-4H3,(H,20,21). The third-order valence-electron chi connectivity index (χ3n) is 3.89. The predicted molar refractivity (Wildman–Crippen MR) is 89.2 cm³/mol. The minimum absolute atomic E-state index is 0.0131. The topological polar surface area (TPSA) is 38.3 Å². The molecule has 116 valence electrons. The lowest BCUT2D eigenvalue weighted by Gasteiger charge is -2.16. The van der Waals surface area contributed by atoms with Crippen LogP contribution in [-0.2, 0) is 11.4 Å². The zero-order chi connectivity index (χ0) is 16.1. The number of benzene rings is 2. The lowest BCUT2D eigenvalue weighted by molar-refractivity contribution is -0.121. The van der Waals surface area contributed by atoms with Crippen LogP contribution in [0, 0.1) is 13.8 Å². The first-order valence-electron chi connectivity index (χ1n) is 7.52. The van der Waals surface area contributed by atoms with E-state index in [1.165, 1.54) is 5.56 Å². The van der Waals surface area contributed by atoms with E-state index in [1.54, 1.807) is 7.05 Å². The first kappa shape index (κ1) is 16.1. The molecular weight excluding hydrogens is 274 g/mol. The molecule has 3 nitrogen and oxygen atoms in total. The molecule has 0 fully saturated rings. The molecule has 0 heterocycles. The molecule has 1 amide bonds. The maximum atomic E-state index is 11.9. The molecule has 2 aromatic rings. The third-order valence-corrected chi connectivity index (χ3v) is 3.89. The molecule has 1 atom stereocenters. The second-order valence-corrected chi connectivity index (χ2v) is 5.59. The van der Waals surface area contributed by atoms with E-state index >= 15 is 0 Å². The molecule has 0 aliphatic rings. The van der Waals surface area contributed by atoms with Crippen molar-refractivity contribution in [3.05, 3.63) is 64.7 Å². The van der Waals surface area contributed by atoms with Gasteiger partial charge in [0.15, 0.2) is 0 Å². The van der Waals surface area contributed by atoms with Crippen LogP contribution in [0.1, 0.15) is 35.1 Å². The fourth-order valence-electron chi connectivity index (χ4n) is 2.46. The van der Waals surface area contributed by atoms with Gasteiger partial charge in [0, 0.05) is 7.05 Å². The van der Waals surface area contributed by atoms with Gasteiger partial charge in [-0.15, -0.1) is 0 Å². The molecule has 0 aromatic heterocycles. The van der Waals surface area contributed by atoms with E-state index in [9.17, 15) is 4.79 Å². The van der Waals surface area contributed by atoms with Crippen molar-refractivity contribution in [3.8, 4) is 5.75 Å². The molecule has 2 aromatic carbocycles. The van der Waals surface area contributed by atoms with Gasteiger partial charge >= 0.3 is 0 Å². The number of rotatable bonds is 5. The molecule has 1 N–H and O–H groups in total. The minimum atomic E-state index is -0.191. The maximum absolute atomic E-state index is 11.9. The van der Waals surface area contributed by atoms with Crippen LogP contribution in [0.25, 0.3) is 0 Å². The van der Waals surface area contributed by atoms with Crippen LogP contribution in [0.3, 0.4) is 0 Å². The molecule has 0 saturated carbocycles. The van der Waals surface area contributed by atoms with Gasteiger partial charge in [-0.25, -0.2) is 0 Å². The molecule has 3 heteroatoms. The molecule has 1 unspecified atom stereocenters. The van der Waals surface area contributed by atoms with Crippen LogP contribution in [-0.4, -0.2) is 13.0 Å². The van der Waals surface area contributed by atoms with Gasteiger partial charge in [0.2, 0.25) is 5.91 Å². The second-order valence-electron chi connectivity index (χ2n) is 5.59. The van der Waals surface area contributed by atoms with Crippen LogP contribution in [0.5, 0.6) is 5.75 Å². The highest BCUT2D eigenvalue weighted by Crippen LogP contribution is 2.24. The number of ether oxygens (including phenoxy) is 1. The van der Waals surface area contributed by atoms with E-state index < -0.39 is 0 Å². The number of likely N-dealkylation sites (N-methyl/N-ethyl adjacent to an activating group) is 1. The number of carbonyl (C=O) groups excluding carboxylic acids is 1. The fourth-order valence-corrected chi connectivity index (χ4v) is 2.46. The highest BCUT2D eigenvalue weighted by molar-refractivity contribution is 5.83. The molecule has 0 radical (unpaired) electrons. The number of amides is 1. The Hall–Kier alpha value is -2.29. The molecular formula is C19H23NO2. The highest BCUT2D eigenvalue weighted by atomic mass is 16.5. The normalized spacial score (nSPS) is 11.8. The van der Waals surface area contributed by atoms with Gasteiger partial charge in [-0.3, -0.25) is 4.79 Å². The number of carbonyl (C=O) groups is 1. The molecule has 0 bridgehead atoms. The van der Waals surface area contributed by atoms with Gasteiger partial charge < -0.3 is 10.1 Å². The molecule has 0 aliphatic heterocycles. The largest absolute Gasteiger partial charge is 0.489 e. The van der Waals surface area contributed by atoms with E-state index in [0.29, 0.717) is 6.61 Å². The van der Waals surface area contributed by atoms with Crippen LogP contribution in [0.15, 0.2) is 42.5 Å². The minimum Gasteiger partial charge on any atom is -0.489 e. The summed E-state index contributed by atoms with van der Waals surface area (Å²) in [6, 6.07) is 14.1. The summed E-state index contributed by atoms with van der Waals surface area (Å²) in [6.07, 6.45) is 0. The van der Waals surface area contributed by atoms with Gasteiger partial charge in [0.05, 0.1) is 5.92 Å². The van der Waals surface area contributed by atoms with Crippen molar-refractivity contribution in [1.29, 1.82) is 0 Å². The summed E-state index contributed by atoms with van der Waals surface area (Å²) in [5, 5.41) is 2.70. The average molecular weight is 297 g/mol. The van der Waals surface area contributed by atoms with Crippen molar-refractivity contribution in [1.82, 2.24) is 5.32 Å². The van der Waals surface area contributed by atoms with E-state index in [-0.39, 0.29) is 11.8 Å². The number of hydrogen-bond acceptors (Lipinski definition) is 2. The van der Waals surface area contributed by atoms with E-state index in [4.69, 9.17) is 4.74 Å². The first-order chi connectivity index (χ1) is 10.5. The summed E-state index contributed by atoms with van der Waals surface area (Å²) >= 11 is 0. The Morgan fingerprint density at radius 3 is 2.64 bits per heavy atom. The van der Waals surface area contributed by atoms with Gasteiger partial charge in [0.1, 0.15) is 12.4 Å². The summed E-state index contributed by atoms with van der Waals surface area (Å²) in [5.41, 5.74) is 4.33. The van der Waals surface area contributed by atoms with Gasteiger partial charge in [-0.1, -0.05) is 36.4 Å². The van der Waals surface area contributed by atoms with E-state index in [1.807, 2.05) is 51.1 Å². The Kier molecular flexibility index (Phi) is 5.21. The number of nitrogens with one attached hydrogen (secondary N) is 1. The Morgan fingerprint density at radius 2 is 1.91 bits per heavy atom. The zero-order valence-corrected chi connectivity index (χ0v) is 13.6. The monoisotopic (exact) mass is 297 g/mol. The molecule has 0 saturated heterocycles. The zero-order valence-electron chi connectivity index (χ0n) is 13.6. The summed E-state index contributed by atoms with van der Waals surface area (Å²) in [4.78, 5) is 11.9. The van der Waals surface area contributed by atoms with Crippen LogP contribution >= 0.6 is 0 Å². The van der Waals surface area contributed by atoms with Crippen molar-refractivity contribution in [2.45, 2.75) is 33.3 Å². The van der Waals surface area contributed by atoms with Crippen molar-refractivity contribution < 1.29 is 9.53 Å². The summed E-state index contributed by atoms with van der Waals surface area (Å²) in [5.74, 6) is 0.713. The quantitative estimate of drug-likeness (QED) is 0.913. The molecule has 0 spiro atoms. The lowest BCUT2D eigenvalue weighted by atomic mass is 9.95. The van der Waals surface area contributed by atoms with Gasteiger partial charge in [0.25, 0.3) is 0 Å². The van der Waals surface area contributed by atoms with Crippen LogP contribution in [0.2, 0.25) is 0 Å². The van der Waals surface area contributed by atoms with Crippen molar-refractivity contribution in [2.75, 3.05) is 7.05 Å². The fraction of sp³-hybridized carbons (Fsp3) is 0.316. The summed E-state index contributed by atoms with van der Waals surface area (Å²) in [7, 11) is 1.66. The van der Waals surface area contributed by atoms with Crippen molar-refractivity contribution in [2.24, 2.45) is 0 Å². The number of aryl methyl sites for hydroxylation is 2. The second kappa shape index (κ2) is 7.12. The highest BCUT2D eigenvalue weighted by Gasteiger charge is 2.17. The maximum Gasteiger partial charge on any atom is 0.227 e. The SMILES string of the molecule is CNC(=O)C(C)c1ccccc1COc1cc(C)ccc1C. The van der Waals surface area contributed by atoms with Crippen LogP contribution < -0.4 is 10.1 Å². The summed E-state index contributed by atoms with van der Waals surface area (Å²) in [6.45, 7) is 6.46. The first-order valence-corrected chi connectivity index (χ1v) is 7.52. The Bertz CT molecular complexity index is 664. The van der Waals surface area contributed by atoms with E-state index in [2.05, 4.69) is 17.4 Å². The van der Waals surface area contributed by atoms with E-state index in [0.717, 1.165) is 22.4 Å². The Morgan fingerprint density at radius 1 is 1.18 bits per heavy atom. The Labute approximate surface area is 132 Å². The van der Waals surface area contributed by atoms with Gasteiger partial charge in [-0.2, -0.15) is 0 Å². The molecule has 2 rings (SSSR count). The van der Waals surface area contributed by atoms with Crippen LogP contribution in [0.4, 0.5) is 0 Å². The average Bonchev–Trinajstić information content (AvgIpc) is 2.54. The Balaban J connectivity index is 2.20. The smallest absolute Gasteiger partial charge is 0.227 e. The molecule has 0 aliphatic carbocycles. The van der Waals surface area contributed by atoms with Crippen molar-refractivity contribution in [3.63, 3.8) is 0 Å². The molecule has 22 heavy (non-hydrogen) atoms. The third kappa shape index (κ3) is 3.67. The number of hydrogen-bond donors (Lipinski definition) is 1. The van der Waals surface area contributed by atoms with Gasteiger partial charge in [-0.05, 0) is 49.1 Å². The lowest BCUT2D eigenvalue weighted by Crippen LogP contribution is -2.24. The van der Waals surface area contributed by atoms with Crippen molar-refractivity contribution >= 4 is 5.91 Å².